The van der Waals surface area contributed by atoms with Crippen LogP contribution in [-0.4, -0.2) is 24.3 Å². The van der Waals surface area contributed by atoms with Gasteiger partial charge in [-0.15, -0.1) is 0 Å². The molecule has 2 aromatic rings. The minimum absolute atomic E-state index is 0.296. The third-order valence-electron chi connectivity index (χ3n) is 3.56. The highest BCUT2D eigenvalue weighted by Gasteiger charge is 2.25. The number of hydrogen-bond donors (Lipinski definition) is 2. The van der Waals surface area contributed by atoms with Gasteiger partial charge in [-0.05, 0) is 37.1 Å². The number of amides is 2. The number of carbonyl (C=O) groups excluding carboxylic acids is 3. The van der Waals surface area contributed by atoms with Crippen LogP contribution in [0.4, 0.5) is 5.69 Å². The largest absolute Gasteiger partial charge is 0.446 e. The summed E-state index contributed by atoms with van der Waals surface area (Å²) in [5.41, 5.74) is 3.20. The zero-order valence-corrected chi connectivity index (χ0v) is 15.0. The molecule has 0 spiro atoms. The van der Waals surface area contributed by atoms with E-state index in [9.17, 15) is 14.4 Å². The fraction of sp³-hybridized carbons (Fsp3) is 0.250. The summed E-state index contributed by atoms with van der Waals surface area (Å²) >= 11 is 0. The molecule has 0 saturated carbocycles. The maximum atomic E-state index is 12.7. The molecule has 136 valence electrons. The molecule has 0 aliphatic carbocycles. The Morgan fingerprint density at radius 2 is 1.62 bits per heavy atom. The normalized spacial score (nSPS) is 11.3. The third-order valence-corrected chi connectivity index (χ3v) is 3.56. The second kappa shape index (κ2) is 8.80. The Bertz CT molecular complexity index is 782. The van der Waals surface area contributed by atoms with Crippen LogP contribution in [0.2, 0.25) is 0 Å². The molecule has 2 N–H and O–H groups in total. The fourth-order valence-corrected chi connectivity index (χ4v) is 2.53. The molecule has 1 unspecified atom stereocenters. The van der Waals surface area contributed by atoms with Gasteiger partial charge in [-0.3, -0.25) is 14.4 Å². The highest BCUT2D eigenvalue weighted by atomic mass is 16.5. The summed E-state index contributed by atoms with van der Waals surface area (Å²) in [6, 6.07) is 14.4. The molecule has 2 rings (SSSR count). The SMILES string of the molecule is CC(=O)NCC(=O)OC(C(=O)Nc1cc(C)cc(C)c1)c1ccccc1. The Kier molecular flexibility index (Phi) is 6.49. The van der Waals surface area contributed by atoms with Gasteiger partial charge in [0.25, 0.3) is 5.91 Å². The van der Waals surface area contributed by atoms with Gasteiger partial charge in [0.2, 0.25) is 12.0 Å². The van der Waals surface area contributed by atoms with Crippen LogP contribution in [-0.2, 0) is 19.1 Å². The van der Waals surface area contributed by atoms with Crippen LogP contribution in [0.15, 0.2) is 48.5 Å². The van der Waals surface area contributed by atoms with Crippen molar-refractivity contribution in [3.05, 3.63) is 65.2 Å². The van der Waals surface area contributed by atoms with Crippen molar-refractivity contribution >= 4 is 23.5 Å². The van der Waals surface area contributed by atoms with Gasteiger partial charge in [0.05, 0.1) is 0 Å². The summed E-state index contributed by atoms with van der Waals surface area (Å²) < 4.78 is 5.32. The lowest BCUT2D eigenvalue weighted by Crippen LogP contribution is -2.32. The molecule has 0 radical (unpaired) electrons. The summed E-state index contributed by atoms with van der Waals surface area (Å²) in [6.07, 6.45) is -1.11. The lowest BCUT2D eigenvalue weighted by molar-refractivity contribution is -0.154. The molecule has 0 aliphatic heterocycles. The predicted molar refractivity (Wildman–Crippen MR) is 98.5 cm³/mol. The van der Waals surface area contributed by atoms with Gasteiger partial charge < -0.3 is 15.4 Å². The second-order valence-corrected chi connectivity index (χ2v) is 6.06. The molecule has 0 aliphatic rings. The molecular formula is C20H22N2O4. The summed E-state index contributed by atoms with van der Waals surface area (Å²) in [5, 5.41) is 5.15. The Labute approximate surface area is 152 Å². The van der Waals surface area contributed by atoms with Gasteiger partial charge in [0, 0.05) is 18.2 Å². The first-order chi connectivity index (χ1) is 12.3. The first-order valence-corrected chi connectivity index (χ1v) is 8.23. The predicted octanol–water partition coefficient (Wildman–Crippen LogP) is 2.66. The summed E-state index contributed by atoms with van der Waals surface area (Å²) in [7, 11) is 0. The van der Waals surface area contributed by atoms with Crippen molar-refractivity contribution in [3.63, 3.8) is 0 Å². The van der Waals surface area contributed by atoms with Gasteiger partial charge in [-0.25, -0.2) is 0 Å². The monoisotopic (exact) mass is 354 g/mol. The number of benzene rings is 2. The highest BCUT2D eigenvalue weighted by molar-refractivity contribution is 5.96. The van der Waals surface area contributed by atoms with Crippen molar-refractivity contribution in [2.45, 2.75) is 26.9 Å². The first kappa shape index (κ1) is 19.2. The summed E-state index contributed by atoms with van der Waals surface area (Å²) in [5.74, 6) is -1.50. The van der Waals surface area contributed by atoms with Gasteiger partial charge in [0.15, 0.2) is 0 Å². The Morgan fingerprint density at radius 3 is 2.19 bits per heavy atom. The molecule has 2 aromatic carbocycles. The van der Waals surface area contributed by atoms with Crippen LogP contribution in [0.25, 0.3) is 0 Å². The van der Waals surface area contributed by atoms with Crippen molar-refractivity contribution in [2.75, 3.05) is 11.9 Å². The Morgan fingerprint density at radius 1 is 1.00 bits per heavy atom. The Hall–Kier alpha value is -3.15. The average Bonchev–Trinajstić information content (AvgIpc) is 2.57. The van der Waals surface area contributed by atoms with E-state index >= 15 is 0 Å². The zero-order chi connectivity index (χ0) is 19.1. The molecule has 0 aromatic heterocycles. The second-order valence-electron chi connectivity index (χ2n) is 6.06. The number of rotatable bonds is 6. The van der Waals surface area contributed by atoms with Crippen LogP contribution in [0.5, 0.6) is 0 Å². The van der Waals surface area contributed by atoms with Crippen LogP contribution < -0.4 is 10.6 Å². The van der Waals surface area contributed by atoms with E-state index in [0.717, 1.165) is 11.1 Å². The van der Waals surface area contributed by atoms with Gasteiger partial charge in [-0.2, -0.15) is 0 Å². The van der Waals surface area contributed by atoms with Crippen molar-refractivity contribution in [2.24, 2.45) is 0 Å². The standard InChI is InChI=1S/C20H22N2O4/c1-13-9-14(2)11-17(10-13)22-20(25)19(16-7-5-4-6-8-16)26-18(24)12-21-15(3)23/h4-11,19H,12H2,1-3H3,(H,21,23)(H,22,25). The van der Waals surface area contributed by atoms with Crippen LogP contribution in [0.3, 0.4) is 0 Å². The van der Waals surface area contributed by atoms with E-state index < -0.39 is 18.0 Å². The van der Waals surface area contributed by atoms with E-state index in [1.54, 1.807) is 24.3 Å². The molecule has 0 saturated heterocycles. The van der Waals surface area contributed by atoms with E-state index in [4.69, 9.17) is 4.74 Å². The summed E-state index contributed by atoms with van der Waals surface area (Å²) in [6.45, 7) is 4.87. The smallest absolute Gasteiger partial charge is 0.326 e. The van der Waals surface area contributed by atoms with Crippen molar-refractivity contribution in [3.8, 4) is 0 Å². The molecule has 1 atom stereocenters. The molecule has 6 nitrogen and oxygen atoms in total. The van der Waals surface area contributed by atoms with Crippen LogP contribution in [0, 0.1) is 13.8 Å². The minimum atomic E-state index is -1.11. The van der Waals surface area contributed by atoms with Crippen molar-refractivity contribution in [1.29, 1.82) is 0 Å². The van der Waals surface area contributed by atoms with Gasteiger partial charge in [-0.1, -0.05) is 36.4 Å². The molecular weight excluding hydrogens is 332 g/mol. The number of nitrogens with one attached hydrogen (secondary N) is 2. The zero-order valence-electron chi connectivity index (χ0n) is 15.0. The molecule has 0 bridgehead atoms. The lowest BCUT2D eigenvalue weighted by atomic mass is 10.1. The Balaban J connectivity index is 2.18. The third kappa shape index (κ3) is 5.73. The average molecular weight is 354 g/mol. The highest BCUT2D eigenvalue weighted by Crippen LogP contribution is 2.21. The molecule has 0 heterocycles. The van der Waals surface area contributed by atoms with E-state index in [-0.39, 0.29) is 12.5 Å². The van der Waals surface area contributed by atoms with Crippen molar-refractivity contribution < 1.29 is 19.1 Å². The van der Waals surface area contributed by atoms with Crippen LogP contribution >= 0.6 is 0 Å². The first-order valence-electron chi connectivity index (χ1n) is 8.23. The maximum absolute atomic E-state index is 12.7. The van der Waals surface area contributed by atoms with E-state index in [1.165, 1.54) is 6.92 Å². The topological polar surface area (TPSA) is 84.5 Å². The number of anilines is 1. The lowest BCUT2D eigenvalue weighted by Gasteiger charge is -2.18. The number of carbonyl (C=O) groups is 3. The quantitative estimate of drug-likeness (QED) is 0.781. The van der Waals surface area contributed by atoms with Crippen LogP contribution in [0.1, 0.15) is 29.7 Å². The van der Waals surface area contributed by atoms with Crippen molar-refractivity contribution in [1.82, 2.24) is 5.32 Å². The van der Waals surface area contributed by atoms with Gasteiger partial charge >= 0.3 is 5.97 Å². The number of esters is 1. The molecule has 26 heavy (non-hydrogen) atoms. The maximum Gasteiger partial charge on any atom is 0.326 e. The molecule has 2 amide bonds. The molecule has 0 fully saturated rings. The van der Waals surface area contributed by atoms with E-state index in [0.29, 0.717) is 11.3 Å². The van der Waals surface area contributed by atoms with Gasteiger partial charge in [0.1, 0.15) is 6.54 Å². The fourth-order valence-electron chi connectivity index (χ4n) is 2.53. The van der Waals surface area contributed by atoms with E-state index in [1.807, 2.05) is 38.1 Å². The number of aryl methyl sites for hydroxylation is 2. The molecule has 6 heteroatoms. The van der Waals surface area contributed by atoms with E-state index in [2.05, 4.69) is 10.6 Å². The minimum Gasteiger partial charge on any atom is -0.446 e. The number of hydrogen-bond acceptors (Lipinski definition) is 4. The summed E-state index contributed by atoms with van der Waals surface area (Å²) in [4.78, 5) is 35.7. The number of ether oxygens (including phenoxy) is 1.